The van der Waals surface area contributed by atoms with Gasteiger partial charge in [0.2, 0.25) is 0 Å². The van der Waals surface area contributed by atoms with Crippen molar-refractivity contribution in [2.75, 3.05) is 13.1 Å². The Kier molecular flexibility index (Phi) is 3.97. The Morgan fingerprint density at radius 2 is 2.06 bits per heavy atom. The first kappa shape index (κ1) is 12.3. The van der Waals surface area contributed by atoms with E-state index in [0.717, 1.165) is 31.6 Å². The minimum atomic E-state index is -0.226. The van der Waals surface area contributed by atoms with Gasteiger partial charge >= 0.3 is 0 Å². The molecule has 0 aliphatic carbocycles. The Morgan fingerprint density at radius 1 is 1.35 bits per heavy atom. The summed E-state index contributed by atoms with van der Waals surface area (Å²) in [6.45, 7) is 2.11. The molecule has 17 heavy (non-hydrogen) atoms. The summed E-state index contributed by atoms with van der Waals surface area (Å²) in [5.41, 5.74) is 1.43. The van der Waals surface area contributed by atoms with E-state index in [4.69, 9.17) is 16.8 Å². The molecule has 1 aliphatic rings. The molecule has 2 rings (SSSR count). The Morgan fingerprint density at radius 3 is 2.71 bits per heavy atom. The van der Waals surface area contributed by atoms with E-state index in [0.29, 0.717) is 17.1 Å². The molecular weight excluding hydrogens is 243 g/mol. The van der Waals surface area contributed by atoms with E-state index in [1.807, 2.05) is 0 Å². The fourth-order valence-corrected chi connectivity index (χ4v) is 2.17. The lowest BCUT2D eigenvalue weighted by molar-refractivity contribution is 0.253. The maximum absolute atomic E-state index is 13.5. The van der Waals surface area contributed by atoms with Crippen LogP contribution in [0.3, 0.4) is 0 Å². The molecule has 1 aromatic carbocycles. The van der Waals surface area contributed by atoms with Crippen LogP contribution < -0.4 is 0 Å². The van der Waals surface area contributed by atoms with Crippen molar-refractivity contribution in [3.8, 4) is 0 Å². The quantitative estimate of drug-likeness (QED) is 0.652. The molecule has 0 radical (unpaired) electrons. The summed E-state index contributed by atoms with van der Waals surface area (Å²) < 4.78 is 13.5. The van der Waals surface area contributed by atoms with Crippen LogP contribution in [0.4, 0.5) is 4.39 Å². The van der Waals surface area contributed by atoms with Gasteiger partial charge < -0.3 is 5.21 Å². The molecule has 5 heteroatoms. The predicted molar refractivity (Wildman–Crippen MR) is 65.1 cm³/mol. The van der Waals surface area contributed by atoms with Crippen molar-refractivity contribution in [1.29, 1.82) is 0 Å². The van der Waals surface area contributed by atoms with Crippen molar-refractivity contribution in [3.63, 3.8) is 0 Å². The SMILES string of the molecule is ON=C1CCN(Cc2cc(Cl)ccc2F)CC1. The molecule has 0 bridgehead atoms. The van der Waals surface area contributed by atoms with Crippen LogP contribution in [-0.2, 0) is 6.54 Å². The van der Waals surface area contributed by atoms with Gasteiger partial charge in [0.1, 0.15) is 5.82 Å². The Balaban J connectivity index is 2.00. The van der Waals surface area contributed by atoms with Crippen molar-refractivity contribution >= 4 is 17.3 Å². The summed E-state index contributed by atoms with van der Waals surface area (Å²) in [5, 5.41) is 12.4. The van der Waals surface area contributed by atoms with E-state index < -0.39 is 0 Å². The zero-order valence-corrected chi connectivity index (χ0v) is 10.1. The number of benzene rings is 1. The number of piperidine rings is 1. The molecule has 1 aromatic rings. The second-order valence-electron chi connectivity index (χ2n) is 4.18. The molecule has 0 atom stereocenters. The summed E-state index contributed by atoms with van der Waals surface area (Å²) in [6, 6.07) is 4.60. The first-order valence-electron chi connectivity index (χ1n) is 5.55. The van der Waals surface area contributed by atoms with Crippen LogP contribution >= 0.6 is 11.6 Å². The van der Waals surface area contributed by atoms with Crippen LogP contribution in [-0.4, -0.2) is 28.9 Å². The zero-order chi connectivity index (χ0) is 12.3. The lowest BCUT2D eigenvalue weighted by atomic mass is 10.1. The van der Waals surface area contributed by atoms with Gasteiger partial charge in [-0.3, -0.25) is 4.90 Å². The van der Waals surface area contributed by atoms with Crippen LogP contribution in [0.1, 0.15) is 18.4 Å². The minimum Gasteiger partial charge on any atom is -0.411 e. The molecule has 1 aliphatic heterocycles. The maximum Gasteiger partial charge on any atom is 0.127 e. The summed E-state index contributed by atoms with van der Waals surface area (Å²) in [5.74, 6) is -0.226. The molecule has 1 fully saturated rings. The number of oxime groups is 1. The lowest BCUT2D eigenvalue weighted by Crippen LogP contribution is -2.33. The molecule has 1 N–H and O–H groups in total. The van der Waals surface area contributed by atoms with Gasteiger partial charge in [0.15, 0.2) is 0 Å². The van der Waals surface area contributed by atoms with Crippen molar-refractivity contribution in [3.05, 3.63) is 34.6 Å². The normalized spacial score (nSPS) is 17.2. The first-order valence-corrected chi connectivity index (χ1v) is 5.93. The number of hydrogen-bond donors (Lipinski definition) is 1. The van der Waals surface area contributed by atoms with Gasteiger partial charge in [0, 0.05) is 43.1 Å². The van der Waals surface area contributed by atoms with E-state index >= 15 is 0 Å². The van der Waals surface area contributed by atoms with Gasteiger partial charge in [-0.05, 0) is 18.2 Å². The zero-order valence-electron chi connectivity index (χ0n) is 9.37. The molecule has 92 valence electrons. The van der Waals surface area contributed by atoms with E-state index in [1.165, 1.54) is 6.07 Å². The topological polar surface area (TPSA) is 35.8 Å². The van der Waals surface area contributed by atoms with Gasteiger partial charge in [0.05, 0.1) is 5.71 Å². The second kappa shape index (κ2) is 5.47. The number of likely N-dealkylation sites (tertiary alicyclic amines) is 1. The molecule has 3 nitrogen and oxygen atoms in total. The first-order chi connectivity index (χ1) is 8.19. The molecule has 0 aromatic heterocycles. The second-order valence-corrected chi connectivity index (χ2v) is 4.61. The highest BCUT2D eigenvalue weighted by atomic mass is 35.5. The highest BCUT2D eigenvalue weighted by molar-refractivity contribution is 6.30. The third-order valence-corrected chi connectivity index (χ3v) is 3.21. The van der Waals surface area contributed by atoms with E-state index in [2.05, 4.69) is 10.1 Å². The summed E-state index contributed by atoms with van der Waals surface area (Å²) >= 11 is 5.84. The third-order valence-electron chi connectivity index (χ3n) is 2.98. The van der Waals surface area contributed by atoms with Crippen molar-refractivity contribution in [2.45, 2.75) is 19.4 Å². The average molecular weight is 257 g/mol. The lowest BCUT2D eigenvalue weighted by Gasteiger charge is -2.27. The molecule has 0 unspecified atom stereocenters. The van der Waals surface area contributed by atoms with Crippen LogP contribution in [0, 0.1) is 5.82 Å². The maximum atomic E-state index is 13.5. The number of hydrogen-bond acceptors (Lipinski definition) is 3. The number of nitrogens with zero attached hydrogens (tertiary/aromatic N) is 2. The van der Waals surface area contributed by atoms with Gasteiger partial charge in [0.25, 0.3) is 0 Å². The van der Waals surface area contributed by atoms with Crippen LogP contribution in [0.15, 0.2) is 23.4 Å². The molecular formula is C12H14ClFN2O. The Labute approximate surface area is 104 Å². The summed E-state index contributed by atoms with van der Waals surface area (Å²) in [4.78, 5) is 2.13. The van der Waals surface area contributed by atoms with Crippen molar-refractivity contribution in [2.24, 2.45) is 5.16 Å². The molecule has 0 saturated carbocycles. The van der Waals surface area contributed by atoms with E-state index in [9.17, 15) is 4.39 Å². The van der Waals surface area contributed by atoms with E-state index in [-0.39, 0.29) is 5.82 Å². The predicted octanol–water partition coefficient (Wildman–Crippen LogP) is 2.91. The highest BCUT2D eigenvalue weighted by Crippen LogP contribution is 2.18. The van der Waals surface area contributed by atoms with Gasteiger partial charge in [-0.25, -0.2) is 4.39 Å². The molecule has 1 heterocycles. The van der Waals surface area contributed by atoms with Gasteiger partial charge in [-0.1, -0.05) is 16.8 Å². The van der Waals surface area contributed by atoms with Crippen molar-refractivity contribution < 1.29 is 9.60 Å². The summed E-state index contributed by atoms with van der Waals surface area (Å²) in [7, 11) is 0. The van der Waals surface area contributed by atoms with Crippen LogP contribution in [0.2, 0.25) is 5.02 Å². The number of halogens is 2. The Bertz CT molecular complexity index is 427. The van der Waals surface area contributed by atoms with Gasteiger partial charge in [-0.15, -0.1) is 0 Å². The summed E-state index contributed by atoms with van der Waals surface area (Å²) in [6.07, 6.45) is 1.47. The smallest absolute Gasteiger partial charge is 0.127 e. The molecule has 1 saturated heterocycles. The average Bonchev–Trinajstić information content (AvgIpc) is 2.35. The molecule has 0 spiro atoms. The monoisotopic (exact) mass is 256 g/mol. The van der Waals surface area contributed by atoms with Crippen molar-refractivity contribution in [1.82, 2.24) is 4.90 Å². The van der Waals surface area contributed by atoms with Gasteiger partial charge in [-0.2, -0.15) is 0 Å². The fraction of sp³-hybridized carbons (Fsp3) is 0.417. The minimum absolute atomic E-state index is 0.226. The van der Waals surface area contributed by atoms with E-state index in [1.54, 1.807) is 12.1 Å². The standard InChI is InChI=1S/C12H14ClFN2O/c13-10-1-2-12(14)9(7-10)8-16-5-3-11(15-17)4-6-16/h1-2,7,17H,3-6,8H2. The Hall–Kier alpha value is -1.13. The number of rotatable bonds is 2. The van der Waals surface area contributed by atoms with Crippen LogP contribution in [0.5, 0.6) is 0 Å². The highest BCUT2D eigenvalue weighted by Gasteiger charge is 2.16. The fourth-order valence-electron chi connectivity index (χ4n) is 1.97. The third kappa shape index (κ3) is 3.17. The van der Waals surface area contributed by atoms with Crippen LogP contribution in [0.25, 0.3) is 0 Å². The molecule has 0 amide bonds. The largest absolute Gasteiger partial charge is 0.411 e.